The predicted molar refractivity (Wildman–Crippen MR) is 63.1 cm³/mol. The third kappa shape index (κ3) is 2.00. The van der Waals surface area contributed by atoms with Crippen molar-refractivity contribution in [3.63, 3.8) is 0 Å². The van der Waals surface area contributed by atoms with Gasteiger partial charge in [0.15, 0.2) is 0 Å². The molecule has 0 fully saturated rings. The van der Waals surface area contributed by atoms with E-state index in [1.54, 1.807) is 0 Å². The average molecular weight is 205 g/mol. The van der Waals surface area contributed by atoms with Crippen molar-refractivity contribution in [3.05, 3.63) is 29.3 Å². The molecule has 1 aliphatic heterocycles. The van der Waals surface area contributed by atoms with Gasteiger partial charge in [-0.15, -0.1) is 0 Å². The van der Waals surface area contributed by atoms with Crippen molar-refractivity contribution in [1.82, 2.24) is 0 Å². The molecule has 0 aromatic heterocycles. The van der Waals surface area contributed by atoms with E-state index in [0.29, 0.717) is 0 Å². The standard InChI is InChI=1S/C13H19NO/c1-13(2,3)10-5-4-6-11-9(10)7-8-12(15)14-11/h4-6,12,14-15H,7-8H2,1-3H3. The van der Waals surface area contributed by atoms with Crippen LogP contribution in [0.15, 0.2) is 18.2 Å². The van der Waals surface area contributed by atoms with Crippen molar-refractivity contribution in [3.8, 4) is 0 Å². The fourth-order valence-corrected chi connectivity index (χ4v) is 2.23. The second-order valence-corrected chi connectivity index (χ2v) is 5.28. The first-order valence-corrected chi connectivity index (χ1v) is 5.55. The topological polar surface area (TPSA) is 32.3 Å². The van der Waals surface area contributed by atoms with Gasteiger partial charge in [-0.1, -0.05) is 32.9 Å². The molecule has 82 valence electrons. The number of aliphatic hydroxyl groups is 1. The Kier molecular flexibility index (Phi) is 2.47. The summed E-state index contributed by atoms with van der Waals surface area (Å²) in [6.45, 7) is 6.69. The van der Waals surface area contributed by atoms with Gasteiger partial charge in [0.2, 0.25) is 0 Å². The van der Waals surface area contributed by atoms with Gasteiger partial charge in [-0.25, -0.2) is 0 Å². The highest BCUT2D eigenvalue weighted by Gasteiger charge is 2.23. The fourth-order valence-electron chi connectivity index (χ4n) is 2.23. The van der Waals surface area contributed by atoms with Crippen LogP contribution in [0.4, 0.5) is 5.69 Å². The lowest BCUT2D eigenvalue weighted by molar-refractivity contribution is 0.189. The summed E-state index contributed by atoms with van der Waals surface area (Å²) in [6.07, 6.45) is 1.39. The van der Waals surface area contributed by atoms with Crippen LogP contribution < -0.4 is 5.32 Å². The number of hydrogen-bond donors (Lipinski definition) is 2. The van der Waals surface area contributed by atoms with E-state index in [9.17, 15) is 5.11 Å². The molecule has 1 unspecified atom stereocenters. The summed E-state index contributed by atoms with van der Waals surface area (Å²) in [5, 5.41) is 12.7. The highest BCUT2D eigenvalue weighted by atomic mass is 16.3. The summed E-state index contributed by atoms with van der Waals surface area (Å²) in [6, 6.07) is 6.30. The minimum absolute atomic E-state index is 0.176. The molecule has 15 heavy (non-hydrogen) atoms. The van der Waals surface area contributed by atoms with Crippen LogP contribution in [0.5, 0.6) is 0 Å². The van der Waals surface area contributed by atoms with Crippen LogP contribution >= 0.6 is 0 Å². The molecule has 2 heteroatoms. The molecule has 1 aromatic rings. The highest BCUT2D eigenvalue weighted by Crippen LogP contribution is 2.34. The Morgan fingerprint density at radius 1 is 1.33 bits per heavy atom. The Hall–Kier alpha value is -1.02. The Balaban J connectivity index is 2.47. The first-order valence-electron chi connectivity index (χ1n) is 5.55. The molecule has 1 heterocycles. The van der Waals surface area contributed by atoms with Gasteiger partial charge in [-0.2, -0.15) is 0 Å². The quantitative estimate of drug-likeness (QED) is 0.682. The molecule has 1 aromatic carbocycles. The summed E-state index contributed by atoms with van der Waals surface area (Å²) in [5.74, 6) is 0. The van der Waals surface area contributed by atoms with Crippen molar-refractivity contribution in [1.29, 1.82) is 0 Å². The van der Waals surface area contributed by atoms with Crippen molar-refractivity contribution < 1.29 is 5.11 Å². The van der Waals surface area contributed by atoms with Crippen LogP contribution in [0.25, 0.3) is 0 Å². The monoisotopic (exact) mass is 205 g/mol. The summed E-state index contributed by atoms with van der Waals surface area (Å²) < 4.78 is 0. The van der Waals surface area contributed by atoms with Gasteiger partial charge in [-0.3, -0.25) is 0 Å². The SMILES string of the molecule is CC(C)(C)c1cccc2c1CCC(O)N2. The zero-order valence-electron chi connectivity index (χ0n) is 9.67. The van der Waals surface area contributed by atoms with E-state index in [0.717, 1.165) is 18.5 Å². The van der Waals surface area contributed by atoms with Gasteiger partial charge in [0, 0.05) is 5.69 Å². The minimum atomic E-state index is -0.382. The van der Waals surface area contributed by atoms with Crippen molar-refractivity contribution in [2.24, 2.45) is 0 Å². The first kappa shape index (κ1) is 10.5. The Bertz CT molecular complexity index is 365. The van der Waals surface area contributed by atoms with E-state index in [1.807, 2.05) is 6.07 Å². The summed E-state index contributed by atoms with van der Waals surface area (Å²) in [7, 11) is 0. The van der Waals surface area contributed by atoms with Crippen LogP contribution in [0.3, 0.4) is 0 Å². The molecular formula is C13H19NO. The van der Waals surface area contributed by atoms with Crippen LogP contribution in [0, 0.1) is 0 Å². The van der Waals surface area contributed by atoms with E-state index in [-0.39, 0.29) is 11.6 Å². The smallest absolute Gasteiger partial charge is 0.124 e. The molecule has 1 aliphatic rings. The largest absolute Gasteiger partial charge is 0.374 e. The van der Waals surface area contributed by atoms with Gasteiger partial charge in [-0.05, 0) is 35.4 Å². The van der Waals surface area contributed by atoms with Gasteiger partial charge < -0.3 is 10.4 Å². The van der Waals surface area contributed by atoms with Crippen molar-refractivity contribution in [2.45, 2.75) is 45.3 Å². The number of hydrogen-bond acceptors (Lipinski definition) is 2. The van der Waals surface area contributed by atoms with Gasteiger partial charge in [0.05, 0.1) is 0 Å². The fraction of sp³-hybridized carbons (Fsp3) is 0.538. The van der Waals surface area contributed by atoms with Crippen LogP contribution in [-0.2, 0) is 11.8 Å². The third-order valence-corrected chi connectivity index (χ3v) is 2.97. The molecule has 2 rings (SSSR count). The van der Waals surface area contributed by atoms with Gasteiger partial charge >= 0.3 is 0 Å². The molecule has 0 spiro atoms. The Morgan fingerprint density at radius 2 is 2.07 bits per heavy atom. The van der Waals surface area contributed by atoms with Crippen molar-refractivity contribution in [2.75, 3.05) is 5.32 Å². The Labute approximate surface area is 91.3 Å². The molecule has 0 radical (unpaired) electrons. The minimum Gasteiger partial charge on any atom is -0.374 e. The molecule has 0 bridgehead atoms. The maximum Gasteiger partial charge on any atom is 0.124 e. The number of anilines is 1. The first-order chi connectivity index (χ1) is 6.98. The van der Waals surface area contributed by atoms with Crippen molar-refractivity contribution >= 4 is 5.69 Å². The molecule has 0 saturated heterocycles. The molecule has 2 nitrogen and oxygen atoms in total. The number of rotatable bonds is 0. The number of nitrogens with one attached hydrogen (secondary N) is 1. The third-order valence-electron chi connectivity index (χ3n) is 2.97. The maximum absolute atomic E-state index is 9.54. The zero-order chi connectivity index (χ0) is 11.1. The summed E-state index contributed by atoms with van der Waals surface area (Å²) >= 11 is 0. The summed E-state index contributed by atoms with van der Waals surface area (Å²) in [4.78, 5) is 0. The molecule has 1 atom stereocenters. The lowest BCUT2D eigenvalue weighted by Crippen LogP contribution is -2.27. The van der Waals surface area contributed by atoms with Crippen LogP contribution in [-0.4, -0.2) is 11.3 Å². The van der Waals surface area contributed by atoms with E-state index in [4.69, 9.17) is 0 Å². The van der Waals surface area contributed by atoms with Gasteiger partial charge in [0.25, 0.3) is 0 Å². The lowest BCUT2D eigenvalue weighted by Gasteiger charge is -2.30. The zero-order valence-corrected chi connectivity index (χ0v) is 9.67. The molecule has 0 saturated carbocycles. The molecule has 2 N–H and O–H groups in total. The average Bonchev–Trinajstić information content (AvgIpc) is 2.15. The summed E-state index contributed by atoms with van der Waals surface area (Å²) in [5.41, 5.74) is 4.03. The van der Waals surface area contributed by atoms with Crippen LogP contribution in [0.1, 0.15) is 38.3 Å². The number of aliphatic hydroxyl groups excluding tert-OH is 1. The Morgan fingerprint density at radius 3 is 2.73 bits per heavy atom. The molecular weight excluding hydrogens is 186 g/mol. The number of benzene rings is 1. The van der Waals surface area contributed by atoms with E-state index in [1.165, 1.54) is 11.1 Å². The van der Waals surface area contributed by atoms with E-state index >= 15 is 0 Å². The van der Waals surface area contributed by atoms with E-state index < -0.39 is 0 Å². The second kappa shape index (κ2) is 3.53. The van der Waals surface area contributed by atoms with Crippen LogP contribution in [0.2, 0.25) is 0 Å². The highest BCUT2D eigenvalue weighted by molar-refractivity contribution is 5.58. The second-order valence-electron chi connectivity index (χ2n) is 5.28. The normalized spacial score (nSPS) is 20.7. The van der Waals surface area contributed by atoms with E-state index in [2.05, 4.69) is 38.2 Å². The molecule has 0 amide bonds. The molecule has 0 aliphatic carbocycles. The van der Waals surface area contributed by atoms with Gasteiger partial charge in [0.1, 0.15) is 6.23 Å². The number of fused-ring (bicyclic) bond motifs is 1. The lowest BCUT2D eigenvalue weighted by atomic mass is 9.81. The maximum atomic E-state index is 9.54. The predicted octanol–water partition coefficient (Wildman–Crippen LogP) is 2.66.